The highest BCUT2D eigenvalue weighted by atomic mass is 16.5. The molecule has 2 saturated heterocycles. The van der Waals surface area contributed by atoms with Crippen molar-refractivity contribution in [1.82, 2.24) is 4.90 Å². The minimum Gasteiger partial charge on any atom is -0.493 e. The van der Waals surface area contributed by atoms with Gasteiger partial charge in [0, 0.05) is 19.5 Å². The van der Waals surface area contributed by atoms with E-state index in [1.807, 2.05) is 0 Å². The minimum absolute atomic E-state index is 0.102. The van der Waals surface area contributed by atoms with Crippen molar-refractivity contribution >= 4 is 5.91 Å². The number of hydrogen-bond acceptors (Lipinski definition) is 7. The molecule has 1 amide bonds. The highest BCUT2D eigenvalue weighted by molar-refractivity contribution is 5.98. The molecule has 156 valence electrons. The largest absolute Gasteiger partial charge is 0.493 e. The molecule has 3 rings (SSSR count). The van der Waals surface area contributed by atoms with Gasteiger partial charge in [-0.1, -0.05) is 0 Å². The highest BCUT2D eigenvalue weighted by Gasteiger charge is 2.49. The lowest BCUT2D eigenvalue weighted by Gasteiger charge is -2.49. The summed E-state index contributed by atoms with van der Waals surface area (Å²) >= 11 is 0. The number of rotatable bonds is 4. The molecule has 2 heterocycles. The van der Waals surface area contributed by atoms with Gasteiger partial charge in [-0.25, -0.2) is 0 Å². The van der Waals surface area contributed by atoms with Crippen LogP contribution in [0.25, 0.3) is 0 Å². The van der Waals surface area contributed by atoms with E-state index in [0.717, 1.165) is 0 Å². The number of benzene rings is 1. The molecule has 1 spiro atoms. The Hall–Kier alpha value is -2.03. The Bertz CT molecular complexity index is 726. The lowest BCUT2D eigenvalue weighted by molar-refractivity contribution is -0.221. The molecule has 2 fully saturated rings. The molecular weight excluding hydrogens is 366 g/mol. The zero-order valence-corrected chi connectivity index (χ0v) is 16.9. The predicted octanol–water partition coefficient (Wildman–Crippen LogP) is 1.22. The molecule has 2 aliphatic rings. The number of piperidine rings is 1. The Morgan fingerprint density at radius 3 is 2.32 bits per heavy atom. The van der Waals surface area contributed by atoms with E-state index in [-0.39, 0.29) is 12.5 Å². The first-order chi connectivity index (χ1) is 13.3. The van der Waals surface area contributed by atoms with E-state index in [2.05, 4.69) is 0 Å². The van der Waals surface area contributed by atoms with Gasteiger partial charge in [-0.2, -0.15) is 0 Å². The molecule has 8 heteroatoms. The van der Waals surface area contributed by atoms with Crippen LogP contribution < -0.4 is 14.2 Å². The molecule has 0 radical (unpaired) electrons. The van der Waals surface area contributed by atoms with Crippen LogP contribution in [0.4, 0.5) is 0 Å². The summed E-state index contributed by atoms with van der Waals surface area (Å²) in [4.78, 5) is 14.9. The monoisotopic (exact) mass is 395 g/mol. The van der Waals surface area contributed by atoms with Crippen LogP contribution in [0.5, 0.6) is 17.2 Å². The van der Waals surface area contributed by atoms with Crippen LogP contribution in [-0.2, 0) is 4.74 Å². The third kappa shape index (κ3) is 3.64. The van der Waals surface area contributed by atoms with Crippen molar-refractivity contribution in [3.63, 3.8) is 0 Å². The van der Waals surface area contributed by atoms with E-state index in [9.17, 15) is 15.0 Å². The smallest absolute Gasteiger partial charge is 0.257 e. The number of ether oxygens (including phenoxy) is 4. The number of aliphatic hydroxyl groups is 2. The van der Waals surface area contributed by atoms with Crippen LogP contribution in [0.15, 0.2) is 12.1 Å². The lowest BCUT2D eigenvalue weighted by atomic mass is 9.76. The summed E-state index contributed by atoms with van der Waals surface area (Å²) in [6.07, 6.45) is 0.644. The van der Waals surface area contributed by atoms with Crippen molar-refractivity contribution < 1.29 is 34.0 Å². The van der Waals surface area contributed by atoms with Crippen LogP contribution in [0.3, 0.4) is 0 Å². The van der Waals surface area contributed by atoms with E-state index < -0.39 is 17.3 Å². The number of hydrogen-bond donors (Lipinski definition) is 2. The van der Waals surface area contributed by atoms with Crippen LogP contribution in [0.1, 0.15) is 36.5 Å². The molecule has 1 aromatic carbocycles. The van der Waals surface area contributed by atoms with E-state index in [4.69, 9.17) is 18.9 Å². The van der Waals surface area contributed by atoms with E-state index in [1.54, 1.807) is 24.0 Å². The summed E-state index contributed by atoms with van der Waals surface area (Å²) in [5, 5.41) is 20.4. The summed E-state index contributed by atoms with van der Waals surface area (Å²) in [7, 11) is 4.52. The van der Waals surface area contributed by atoms with Crippen LogP contribution in [0.2, 0.25) is 0 Å². The first-order valence-corrected chi connectivity index (χ1v) is 9.39. The van der Waals surface area contributed by atoms with Crippen molar-refractivity contribution in [2.45, 2.75) is 43.5 Å². The number of carbonyl (C=O) groups excluding carboxylic acids is 1. The van der Waals surface area contributed by atoms with Crippen LogP contribution in [0, 0.1) is 0 Å². The maximum Gasteiger partial charge on any atom is 0.257 e. The second-order valence-corrected chi connectivity index (χ2v) is 7.72. The molecule has 0 unspecified atom stereocenters. The molecular formula is C20H29NO7. The van der Waals surface area contributed by atoms with Gasteiger partial charge in [0.1, 0.15) is 6.10 Å². The van der Waals surface area contributed by atoms with Gasteiger partial charge >= 0.3 is 0 Å². The number of aliphatic hydroxyl groups excluding tert-OH is 1. The van der Waals surface area contributed by atoms with Gasteiger partial charge in [-0.05, 0) is 31.9 Å². The molecule has 2 aliphatic heterocycles. The molecule has 2 atom stereocenters. The fraction of sp³-hybridized carbons (Fsp3) is 0.650. The fourth-order valence-corrected chi connectivity index (χ4v) is 4.13. The zero-order valence-electron chi connectivity index (χ0n) is 16.9. The molecule has 8 nitrogen and oxygen atoms in total. The van der Waals surface area contributed by atoms with Gasteiger partial charge in [0.15, 0.2) is 11.5 Å². The topological polar surface area (TPSA) is 97.7 Å². The SMILES string of the molecule is COc1ccc(C(=O)N2CCC3(CC2)C[C@](C)(O)[C@@H](O)CO3)c(OC)c1OC. The predicted molar refractivity (Wildman–Crippen MR) is 101 cm³/mol. The first-order valence-electron chi connectivity index (χ1n) is 9.39. The average molecular weight is 395 g/mol. The fourth-order valence-electron chi connectivity index (χ4n) is 4.13. The van der Waals surface area contributed by atoms with Crippen molar-refractivity contribution in [1.29, 1.82) is 0 Å². The molecule has 0 bridgehead atoms. The average Bonchev–Trinajstić information content (AvgIpc) is 2.69. The Kier molecular flexibility index (Phi) is 5.74. The summed E-state index contributed by atoms with van der Waals surface area (Å²) in [6, 6.07) is 3.36. The Morgan fingerprint density at radius 2 is 1.79 bits per heavy atom. The quantitative estimate of drug-likeness (QED) is 0.791. The zero-order chi connectivity index (χ0) is 20.5. The maximum atomic E-state index is 13.1. The molecule has 0 aromatic heterocycles. The summed E-state index contributed by atoms with van der Waals surface area (Å²) in [5.41, 5.74) is -1.29. The number of likely N-dealkylation sites (tertiary alicyclic amines) is 1. The van der Waals surface area contributed by atoms with Crippen molar-refractivity contribution in [3.05, 3.63) is 17.7 Å². The van der Waals surface area contributed by atoms with Crippen LogP contribution in [-0.4, -0.2) is 79.4 Å². The summed E-state index contributed by atoms with van der Waals surface area (Å²) in [5.74, 6) is 1.05. The van der Waals surface area contributed by atoms with Gasteiger partial charge < -0.3 is 34.1 Å². The lowest BCUT2D eigenvalue weighted by Crippen LogP contribution is -2.59. The third-order valence-corrected chi connectivity index (χ3v) is 5.84. The summed E-state index contributed by atoms with van der Waals surface area (Å²) in [6.45, 7) is 2.71. The van der Waals surface area contributed by atoms with Gasteiger partial charge in [-0.15, -0.1) is 0 Å². The van der Waals surface area contributed by atoms with Crippen molar-refractivity contribution in [2.75, 3.05) is 41.0 Å². The summed E-state index contributed by atoms with van der Waals surface area (Å²) < 4.78 is 22.0. The van der Waals surface area contributed by atoms with Gasteiger partial charge in [-0.3, -0.25) is 4.79 Å². The van der Waals surface area contributed by atoms with E-state index in [1.165, 1.54) is 21.3 Å². The Balaban J connectivity index is 1.76. The highest BCUT2D eigenvalue weighted by Crippen LogP contribution is 2.42. The Labute approximate surface area is 164 Å². The molecule has 0 saturated carbocycles. The second kappa shape index (κ2) is 7.77. The number of carbonyl (C=O) groups is 1. The van der Waals surface area contributed by atoms with Crippen molar-refractivity contribution in [3.8, 4) is 17.2 Å². The number of nitrogens with zero attached hydrogens (tertiary/aromatic N) is 1. The normalized spacial score (nSPS) is 26.8. The first kappa shape index (κ1) is 20.7. The van der Waals surface area contributed by atoms with E-state index >= 15 is 0 Å². The van der Waals surface area contributed by atoms with Crippen LogP contribution >= 0.6 is 0 Å². The minimum atomic E-state index is -1.18. The Morgan fingerprint density at radius 1 is 1.14 bits per heavy atom. The molecule has 0 aliphatic carbocycles. The molecule has 1 aromatic rings. The third-order valence-electron chi connectivity index (χ3n) is 5.84. The van der Waals surface area contributed by atoms with Gasteiger partial charge in [0.05, 0.1) is 44.7 Å². The van der Waals surface area contributed by atoms with Crippen molar-refractivity contribution in [2.24, 2.45) is 0 Å². The van der Waals surface area contributed by atoms with Gasteiger partial charge in [0.25, 0.3) is 5.91 Å². The number of methoxy groups -OCH3 is 3. The maximum absolute atomic E-state index is 13.1. The molecule has 28 heavy (non-hydrogen) atoms. The number of amides is 1. The standard InChI is InChI=1S/C20H29NO7/c1-19(24)12-20(28-11-15(19)22)7-9-21(10-8-20)18(23)13-5-6-14(25-2)17(27-4)16(13)26-3/h5-6,15,22,24H,7-12H2,1-4H3/t15-,19-/m0/s1. The second-order valence-electron chi connectivity index (χ2n) is 7.72. The van der Waals surface area contributed by atoms with E-state index in [0.29, 0.717) is 55.2 Å². The van der Waals surface area contributed by atoms with Gasteiger partial charge in [0.2, 0.25) is 5.75 Å². The molecule has 2 N–H and O–H groups in total.